The minimum Gasteiger partial charge on any atom is -0.261 e. The number of aromatic nitrogens is 1. The molecule has 0 aliphatic heterocycles. The molecule has 2 rings (SSSR count). The molecule has 1 heterocycles. The molecule has 0 bridgehead atoms. The van der Waals surface area contributed by atoms with Crippen molar-refractivity contribution in [3.8, 4) is 0 Å². The Hall–Kier alpha value is -0.370. The molecular weight excluding hydrogens is 226 g/mol. The van der Waals surface area contributed by atoms with Crippen LogP contribution in [0.5, 0.6) is 0 Å². The Morgan fingerprint density at radius 3 is 2.77 bits per heavy atom. The molecule has 1 aliphatic rings. The zero-order chi connectivity index (χ0) is 9.26. The van der Waals surface area contributed by atoms with E-state index in [0.717, 1.165) is 16.4 Å². The lowest BCUT2D eigenvalue weighted by Crippen LogP contribution is -1.95. The van der Waals surface area contributed by atoms with Crippen LogP contribution in [0.2, 0.25) is 0 Å². The number of hydrogen-bond donors (Lipinski definition) is 0. The number of nitrogens with zero attached hydrogens (tertiary/aromatic N) is 1. The smallest absolute Gasteiger partial charge is 0.0372 e. The highest BCUT2D eigenvalue weighted by Crippen LogP contribution is 2.37. The Bertz CT molecular complexity index is 281. The van der Waals surface area contributed by atoms with Crippen molar-refractivity contribution < 1.29 is 0 Å². The SMILES string of the molecule is Cc1ccc(C2CCC(Br)C2)cn1. The van der Waals surface area contributed by atoms with Crippen LogP contribution in [0.4, 0.5) is 0 Å². The summed E-state index contributed by atoms with van der Waals surface area (Å²) >= 11 is 3.67. The fourth-order valence-corrected chi connectivity index (χ4v) is 2.67. The molecule has 1 fully saturated rings. The van der Waals surface area contributed by atoms with Gasteiger partial charge in [-0.3, -0.25) is 4.98 Å². The van der Waals surface area contributed by atoms with E-state index in [9.17, 15) is 0 Å². The summed E-state index contributed by atoms with van der Waals surface area (Å²) in [5, 5.41) is 0. The number of pyridine rings is 1. The van der Waals surface area contributed by atoms with Crippen LogP contribution < -0.4 is 0 Å². The van der Waals surface area contributed by atoms with Gasteiger partial charge in [-0.25, -0.2) is 0 Å². The summed E-state index contributed by atoms with van der Waals surface area (Å²) in [7, 11) is 0. The first kappa shape index (κ1) is 9.20. The van der Waals surface area contributed by atoms with Crippen LogP contribution in [0.3, 0.4) is 0 Å². The zero-order valence-corrected chi connectivity index (χ0v) is 9.42. The molecule has 0 N–H and O–H groups in total. The summed E-state index contributed by atoms with van der Waals surface area (Å²) in [5.74, 6) is 0.734. The zero-order valence-electron chi connectivity index (χ0n) is 7.83. The topological polar surface area (TPSA) is 12.9 Å². The summed E-state index contributed by atoms with van der Waals surface area (Å²) in [5.41, 5.74) is 2.52. The molecule has 0 saturated heterocycles. The van der Waals surface area contributed by atoms with E-state index in [1.54, 1.807) is 0 Å². The molecule has 1 aliphatic carbocycles. The van der Waals surface area contributed by atoms with Crippen molar-refractivity contribution in [1.29, 1.82) is 0 Å². The second-order valence-electron chi connectivity index (χ2n) is 3.84. The first-order chi connectivity index (χ1) is 6.25. The van der Waals surface area contributed by atoms with Gasteiger partial charge in [0.15, 0.2) is 0 Å². The molecule has 0 amide bonds. The highest BCUT2D eigenvalue weighted by Gasteiger charge is 2.23. The first-order valence-corrected chi connectivity index (χ1v) is 5.74. The molecule has 70 valence electrons. The van der Waals surface area contributed by atoms with Crippen molar-refractivity contribution in [2.75, 3.05) is 0 Å². The lowest BCUT2D eigenvalue weighted by atomic mass is 9.99. The summed E-state index contributed by atoms with van der Waals surface area (Å²) in [6.45, 7) is 2.03. The maximum atomic E-state index is 4.33. The van der Waals surface area contributed by atoms with Crippen molar-refractivity contribution in [3.63, 3.8) is 0 Å². The van der Waals surface area contributed by atoms with E-state index >= 15 is 0 Å². The number of aryl methyl sites for hydroxylation is 1. The van der Waals surface area contributed by atoms with Crippen LogP contribution in [-0.2, 0) is 0 Å². The van der Waals surface area contributed by atoms with Crippen LogP contribution in [0.15, 0.2) is 18.3 Å². The second-order valence-corrected chi connectivity index (χ2v) is 5.14. The summed E-state index contributed by atoms with van der Waals surface area (Å²) in [4.78, 5) is 5.05. The Morgan fingerprint density at radius 2 is 2.23 bits per heavy atom. The minimum atomic E-state index is 0.721. The summed E-state index contributed by atoms with van der Waals surface area (Å²) in [6.07, 6.45) is 5.91. The van der Waals surface area contributed by atoms with Gasteiger partial charge in [0.05, 0.1) is 0 Å². The lowest BCUT2D eigenvalue weighted by molar-refractivity contribution is 0.720. The van der Waals surface area contributed by atoms with Crippen molar-refractivity contribution in [2.24, 2.45) is 0 Å². The van der Waals surface area contributed by atoms with Crippen LogP contribution in [0.1, 0.15) is 36.4 Å². The van der Waals surface area contributed by atoms with Crippen molar-refractivity contribution in [2.45, 2.75) is 36.9 Å². The van der Waals surface area contributed by atoms with E-state index in [1.807, 2.05) is 13.1 Å². The van der Waals surface area contributed by atoms with Crippen molar-refractivity contribution in [1.82, 2.24) is 4.98 Å². The third-order valence-electron chi connectivity index (χ3n) is 2.77. The van der Waals surface area contributed by atoms with Gasteiger partial charge in [-0.2, -0.15) is 0 Å². The number of rotatable bonds is 1. The molecule has 0 radical (unpaired) electrons. The largest absolute Gasteiger partial charge is 0.261 e. The summed E-state index contributed by atoms with van der Waals surface area (Å²) < 4.78 is 0. The Morgan fingerprint density at radius 1 is 1.38 bits per heavy atom. The minimum absolute atomic E-state index is 0.721. The number of halogens is 1. The first-order valence-electron chi connectivity index (χ1n) is 4.82. The Kier molecular flexibility index (Phi) is 2.68. The van der Waals surface area contributed by atoms with Gasteiger partial charge in [0.25, 0.3) is 0 Å². The monoisotopic (exact) mass is 239 g/mol. The predicted octanol–water partition coefficient (Wildman–Crippen LogP) is 3.42. The third kappa shape index (κ3) is 2.11. The molecule has 0 spiro atoms. The van der Waals surface area contributed by atoms with E-state index < -0.39 is 0 Å². The summed E-state index contributed by atoms with van der Waals surface area (Å²) in [6, 6.07) is 4.33. The Labute approximate surface area is 87.7 Å². The molecule has 1 aromatic rings. The van der Waals surface area contributed by atoms with Gasteiger partial charge >= 0.3 is 0 Å². The lowest BCUT2D eigenvalue weighted by Gasteiger charge is -2.08. The fourth-order valence-electron chi connectivity index (χ4n) is 1.95. The second kappa shape index (κ2) is 3.79. The molecule has 1 saturated carbocycles. The molecule has 13 heavy (non-hydrogen) atoms. The van der Waals surface area contributed by atoms with E-state index in [-0.39, 0.29) is 0 Å². The standard InChI is InChI=1S/C11H14BrN/c1-8-2-3-10(7-13-8)9-4-5-11(12)6-9/h2-3,7,9,11H,4-6H2,1H3. The quantitative estimate of drug-likeness (QED) is 0.685. The van der Waals surface area contributed by atoms with Gasteiger partial charge in [0.1, 0.15) is 0 Å². The molecule has 2 unspecified atom stereocenters. The highest BCUT2D eigenvalue weighted by atomic mass is 79.9. The molecule has 0 aromatic carbocycles. The highest BCUT2D eigenvalue weighted by molar-refractivity contribution is 9.09. The molecule has 2 heteroatoms. The van der Waals surface area contributed by atoms with Crippen molar-refractivity contribution >= 4 is 15.9 Å². The fraction of sp³-hybridized carbons (Fsp3) is 0.545. The Balaban J connectivity index is 2.13. The van der Waals surface area contributed by atoms with Gasteiger partial charge in [-0.1, -0.05) is 22.0 Å². The van der Waals surface area contributed by atoms with E-state index in [2.05, 4.69) is 33.0 Å². The molecular formula is C11H14BrN. The average molecular weight is 240 g/mol. The van der Waals surface area contributed by atoms with Crippen LogP contribution >= 0.6 is 15.9 Å². The van der Waals surface area contributed by atoms with E-state index in [4.69, 9.17) is 0 Å². The van der Waals surface area contributed by atoms with Gasteiger partial charge in [-0.15, -0.1) is 0 Å². The number of hydrogen-bond acceptors (Lipinski definition) is 1. The van der Waals surface area contributed by atoms with Gasteiger partial charge < -0.3 is 0 Å². The van der Waals surface area contributed by atoms with Gasteiger partial charge in [0.2, 0.25) is 0 Å². The normalized spacial score (nSPS) is 27.8. The van der Waals surface area contributed by atoms with Gasteiger partial charge in [-0.05, 0) is 43.7 Å². The van der Waals surface area contributed by atoms with Crippen LogP contribution in [-0.4, -0.2) is 9.81 Å². The van der Waals surface area contributed by atoms with Crippen molar-refractivity contribution in [3.05, 3.63) is 29.6 Å². The predicted molar refractivity (Wildman–Crippen MR) is 58.3 cm³/mol. The maximum Gasteiger partial charge on any atom is 0.0372 e. The van der Waals surface area contributed by atoms with Crippen LogP contribution in [0.25, 0.3) is 0 Å². The molecule has 1 nitrogen and oxygen atoms in total. The number of alkyl halides is 1. The molecule has 2 atom stereocenters. The van der Waals surface area contributed by atoms with Crippen LogP contribution in [0, 0.1) is 6.92 Å². The van der Waals surface area contributed by atoms with Gasteiger partial charge in [0, 0.05) is 16.7 Å². The third-order valence-corrected chi connectivity index (χ3v) is 3.61. The average Bonchev–Trinajstić information content (AvgIpc) is 2.53. The molecule has 1 aromatic heterocycles. The maximum absolute atomic E-state index is 4.33. The van der Waals surface area contributed by atoms with E-state index in [1.165, 1.54) is 24.8 Å². The van der Waals surface area contributed by atoms with E-state index in [0.29, 0.717) is 0 Å².